The van der Waals surface area contributed by atoms with Gasteiger partial charge in [0.2, 0.25) is 0 Å². The van der Waals surface area contributed by atoms with Gasteiger partial charge in [0.1, 0.15) is 0 Å². The standard InChI is InChI=1S/C13H11N3O/c1-10-7-11(8-14)4-5-12(10)9-16-13(17)3-2-6-15-16/h2-7H,9H2,1H3. The van der Waals surface area contributed by atoms with Crippen LogP contribution in [-0.2, 0) is 6.54 Å². The van der Waals surface area contributed by atoms with E-state index in [9.17, 15) is 4.79 Å². The lowest BCUT2D eigenvalue weighted by atomic mass is 10.1. The van der Waals surface area contributed by atoms with Crippen molar-refractivity contribution in [2.24, 2.45) is 0 Å². The van der Waals surface area contributed by atoms with Gasteiger partial charge >= 0.3 is 0 Å². The van der Waals surface area contributed by atoms with E-state index in [4.69, 9.17) is 5.26 Å². The van der Waals surface area contributed by atoms with Crippen LogP contribution in [-0.4, -0.2) is 9.78 Å². The van der Waals surface area contributed by atoms with Crippen molar-refractivity contribution in [3.05, 3.63) is 63.6 Å². The third kappa shape index (κ3) is 2.40. The summed E-state index contributed by atoms with van der Waals surface area (Å²) in [7, 11) is 0. The zero-order chi connectivity index (χ0) is 12.3. The summed E-state index contributed by atoms with van der Waals surface area (Å²) in [6, 6.07) is 10.6. The van der Waals surface area contributed by atoms with E-state index in [1.807, 2.05) is 19.1 Å². The molecule has 84 valence electrons. The maximum absolute atomic E-state index is 11.5. The molecule has 0 spiro atoms. The molecule has 0 saturated heterocycles. The van der Waals surface area contributed by atoms with Gasteiger partial charge in [-0.2, -0.15) is 10.4 Å². The highest BCUT2D eigenvalue weighted by Crippen LogP contribution is 2.11. The second-order valence-corrected chi connectivity index (χ2v) is 3.77. The predicted molar refractivity (Wildman–Crippen MR) is 63.5 cm³/mol. The minimum Gasteiger partial charge on any atom is -0.268 e. The third-order valence-corrected chi connectivity index (χ3v) is 2.58. The van der Waals surface area contributed by atoms with Crippen LogP contribution in [0.15, 0.2) is 41.3 Å². The molecule has 1 aromatic carbocycles. The number of aromatic nitrogens is 2. The Morgan fingerprint density at radius 1 is 1.41 bits per heavy atom. The van der Waals surface area contributed by atoms with Crippen LogP contribution in [0.2, 0.25) is 0 Å². The van der Waals surface area contributed by atoms with Crippen LogP contribution >= 0.6 is 0 Å². The average molecular weight is 225 g/mol. The molecule has 4 nitrogen and oxygen atoms in total. The predicted octanol–water partition coefficient (Wildman–Crippen LogP) is 1.47. The van der Waals surface area contributed by atoms with Crippen molar-refractivity contribution in [2.45, 2.75) is 13.5 Å². The van der Waals surface area contributed by atoms with E-state index in [2.05, 4.69) is 11.2 Å². The Kier molecular flexibility index (Phi) is 3.01. The van der Waals surface area contributed by atoms with Gasteiger partial charge in [0.15, 0.2) is 0 Å². The van der Waals surface area contributed by atoms with Gasteiger partial charge < -0.3 is 0 Å². The lowest BCUT2D eigenvalue weighted by Crippen LogP contribution is -2.22. The molecule has 0 atom stereocenters. The molecule has 0 amide bonds. The van der Waals surface area contributed by atoms with Gasteiger partial charge in [-0.1, -0.05) is 6.07 Å². The monoisotopic (exact) mass is 225 g/mol. The lowest BCUT2D eigenvalue weighted by Gasteiger charge is -2.07. The highest BCUT2D eigenvalue weighted by atomic mass is 16.1. The first kappa shape index (κ1) is 11.1. The van der Waals surface area contributed by atoms with Crippen molar-refractivity contribution >= 4 is 0 Å². The summed E-state index contributed by atoms with van der Waals surface area (Å²) < 4.78 is 1.40. The summed E-state index contributed by atoms with van der Waals surface area (Å²) >= 11 is 0. The van der Waals surface area contributed by atoms with Crippen molar-refractivity contribution < 1.29 is 0 Å². The Balaban J connectivity index is 2.35. The van der Waals surface area contributed by atoms with Crippen LogP contribution in [0, 0.1) is 18.3 Å². The molecule has 0 aliphatic carbocycles. The number of nitriles is 1. The van der Waals surface area contributed by atoms with Gasteiger partial charge in [0.05, 0.1) is 18.2 Å². The average Bonchev–Trinajstić information content (AvgIpc) is 2.34. The second-order valence-electron chi connectivity index (χ2n) is 3.77. The van der Waals surface area contributed by atoms with Crippen LogP contribution in [0.4, 0.5) is 0 Å². The third-order valence-electron chi connectivity index (χ3n) is 2.58. The molecule has 1 aromatic heterocycles. The van der Waals surface area contributed by atoms with E-state index in [0.717, 1.165) is 11.1 Å². The van der Waals surface area contributed by atoms with Crippen molar-refractivity contribution in [3.63, 3.8) is 0 Å². The van der Waals surface area contributed by atoms with Crippen molar-refractivity contribution in [3.8, 4) is 6.07 Å². The van der Waals surface area contributed by atoms with Gasteiger partial charge in [-0.15, -0.1) is 0 Å². The molecule has 4 heteroatoms. The molecule has 0 bridgehead atoms. The molecule has 0 aliphatic heterocycles. The van der Waals surface area contributed by atoms with Gasteiger partial charge in [-0.05, 0) is 36.2 Å². The largest absolute Gasteiger partial charge is 0.268 e. The summed E-state index contributed by atoms with van der Waals surface area (Å²) in [5.41, 5.74) is 2.47. The Morgan fingerprint density at radius 3 is 2.88 bits per heavy atom. The highest BCUT2D eigenvalue weighted by molar-refractivity contribution is 5.37. The van der Waals surface area contributed by atoms with E-state index in [0.29, 0.717) is 12.1 Å². The molecule has 0 aliphatic rings. The van der Waals surface area contributed by atoms with Gasteiger partial charge in [-0.3, -0.25) is 4.79 Å². The molecular formula is C13H11N3O. The Morgan fingerprint density at radius 2 is 2.24 bits per heavy atom. The van der Waals surface area contributed by atoms with E-state index in [1.165, 1.54) is 10.7 Å². The van der Waals surface area contributed by atoms with Crippen LogP contribution < -0.4 is 5.56 Å². The number of benzene rings is 1. The normalized spacial score (nSPS) is 9.88. The van der Waals surface area contributed by atoms with E-state index in [-0.39, 0.29) is 5.56 Å². The van der Waals surface area contributed by atoms with Crippen LogP contribution in [0.5, 0.6) is 0 Å². The Hall–Kier alpha value is -2.41. The smallest absolute Gasteiger partial charge is 0.267 e. The zero-order valence-corrected chi connectivity index (χ0v) is 9.42. The van der Waals surface area contributed by atoms with Crippen molar-refractivity contribution in [1.82, 2.24) is 9.78 Å². The van der Waals surface area contributed by atoms with Gasteiger partial charge in [0.25, 0.3) is 5.56 Å². The summed E-state index contributed by atoms with van der Waals surface area (Å²) in [5.74, 6) is 0. The van der Waals surface area contributed by atoms with Crippen LogP contribution in [0.1, 0.15) is 16.7 Å². The summed E-state index contributed by atoms with van der Waals surface area (Å²) in [6.07, 6.45) is 1.58. The van der Waals surface area contributed by atoms with Crippen molar-refractivity contribution in [1.29, 1.82) is 5.26 Å². The van der Waals surface area contributed by atoms with Crippen LogP contribution in [0.25, 0.3) is 0 Å². The topological polar surface area (TPSA) is 58.7 Å². The Labute approximate surface area is 98.8 Å². The first-order valence-corrected chi connectivity index (χ1v) is 5.22. The molecule has 17 heavy (non-hydrogen) atoms. The number of nitrogens with zero attached hydrogens (tertiary/aromatic N) is 3. The zero-order valence-electron chi connectivity index (χ0n) is 9.42. The molecular weight excluding hydrogens is 214 g/mol. The highest BCUT2D eigenvalue weighted by Gasteiger charge is 2.02. The molecule has 0 radical (unpaired) electrons. The Bertz CT molecular complexity index is 638. The maximum atomic E-state index is 11.5. The fraction of sp³-hybridized carbons (Fsp3) is 0.154. The number of hydrogen-bond acceptors (Lipinski definition) is 3. The summed E-state index contributed by atoms with van der Waals surface area (Å²) in [5, 5.41) is 12.8. The van der Waals surface area contributed by atoms with E-state index >= 15 is 0 Å². The van der Waals surface area contributed by atoms with E-state index in [1.54, 1.807) is 18.3 Å². The van der Waals surface area contributed by atoms with Crippen LogP contribution in [0.3, 0.4) is 0 Å². The molecule has 0 saturated carbocycles. The van der Waals surface area contributed by atoms with E-state index < -0.39 is 0 Å². The second kappa shape index (κ2) is 4.62. The van der Waals surface area contributed by atoms with Crippen molar-refractivity contribution in [2.75, 3.05) is 0 Å². The SMILES string of the molecule is Cc1cc(C#N)ccc1Cn1ncccc1=O. The molecule has 2 aromatic rings. The quantitative estimate of drug-likeness (QED) is 0.777. The van der Waals surface area contributed by atoms with Gasteiger partial charge in [0, 0.05) is 12.3 Å². The fourth-order valence-electron chi connectivity index (χ4n) is 1.61. The minimum absolute atomic E-state index is 0.128. The molecule has 0 N–H and O–H groups in total. The first-order chi connectivity index (χ1) is 8.20. The summed E-state index contributed by atoms with van der Waals surface area (Å²) in [6.45, 7) is 2.35. The number of rotatable bonds is 2. The number of aryl methyl sites for hydroxylation is 1. The summed E-state index contributed by atoms with van der Waals surface area (Å²) in [4.78, 5) is 11.5. The first-order valence-electron chi connectivity index (χ1n) is 5.22. The minimum atomic E-state index is -0.128. The maximum Gasteiger partial charge on any atom is 0.267 e. The fourth-order valence-corrected chi connectivity index (χ4v) is 1.61. The lowest BCUT2D eigenvalue weighted by molar-refractivity contribution is 0.636. The molecule has 1 heterocycles. The number of hydrogen-bond donors (Lipinski definition) is 0. The molecule has 2 rings (SSSR count). The molecule has 0 fully saturated rings. The van der Waals surface area contributed by atoms with Gasteiger partial charge in [-0.25, -0.2) is 4.68 Å². The molecule has 0 unspecified atom stereocenters.